The van der Waals surface area contributed by atoms with Crippen LogP contribution in [-0.2, 0) is 9.59 Å². The maximum absolute atomic E-state index is 10.3. The third-order valence-electron chi connectivity index (χ3n) is 1.59. The lowest BCUT2D eigenvalue weighted by Crippen LogP contribution is -2.21. The Morgan fingerprint density at radius 3 is 2.00 bits per heavy atom. The van der Waals surface area contributed by atoms with Gasteiger partial charge in [0.2, 0.25) is 5.91 Å². The van der Waals surface area contributed by atoms with Gasteiger partial charge in [0, 0.05) is 13.3 Å². The molecule has 1 amide bonds. The van der Waals surface area contributed by atoms with E-state index in [1.807, 2.05) is 0 Å². The Hall–Kier alpha value is -1.29. The van der Waals surface area contributed by atoms with E-state index in [1.54, 1.807) is 0 Å². The SMILES string of the molecule is [CH2+]CCC[CH2-].[CH2+]CC[N-][C@@H](C=O)CC(N)=O.[CH2+]C[CH2-]. The number of carbonyl (C=O) groups excluding carboxylic acids is 2. The average Bonchev–Trinajstić information content (AvgIpc) is 2.36. The van der Waals surface area contributed by atoms with Gasteiger partial charge < -0.3 is 22.8 Å². The number of nitrogens with zero attached hydrogens (tertiary/aromatic N) is 1. The molecule has 4 nitrogen and oxygen atoms in total. The van der Waals surface area contributed by atoms with E-state index in [0.717, 1.165) is 19.3 Å². The van der Waals surface area contributed by atoms with E-state index in [9.17, 15) is 9.59 Å². The summed E-state index contributed by atoms with van der Waals surface area (Å²) < 4.78 is 0. The highest BCUT2D eigenvalue weighted by atomic mass is 16.1. The second-order valence-corrected chi connectivity index (χ2v) is 3.55. The lowest BCUT2D eigenvalue weighted by molar-refractivity contribution is -0.120. The highest BCUT2D eigenvalue weighted by Gasteiger charge is 1.99. The number of rotatable bonds is 8. The molecule has 0 saturated heterocycles. The summed E-state index contributed by atoms with van der Waals surface area (Å²) >= 11 is 0. The lowest BCUT2D eigenvalue weighted by atomic mass is 10.2. The molecule has 0 unspecified atom stereocenters. The second-order valence-electron chi connectivity index (χ2n) is 3.55. The Labute approximate surface area is 119 Å². The maximum atomic E-state index is 10.3. The van der Waals surface area contributed by atoms with Crippen LogP contribution in [0.5, 0.6) is 0 Å². The third-order valence-corrected chi connectivity index (χ3v) is 1.59. The van der Waals surface area contributed by atoms with E-state index in [1.165, 1.54) is 6.42 Å². The lowest BCUT2D eigenvalue weighted by Gasteiger charge is -2.22. The first-order valence-corrected chi connectivity index (χ1v) is 6.40. The van der Waals surface area contributed by atoms with Crippen molar-refractivity contribution in [3.05, 3.63) is 39.9 Å². The Balaban J connectivity index is -0.000000266. The van der Waals surface area contributed by atoms with Crippen molar-refractivity contribution in [2.24, 2.45) is 5.73 Å². The average molecular weight is 268 g/mol. The fraction of sp³-hybridized carbons (Fsp3) is 0.533. The molecule has 19 heavy (non-hydrogen) atoms. The van der Waals surface area contributed by atoms with Crippen LogP contribution in [0.25, 0.3) is 5.32 Å². The Kier molecular flexibility index (Phi) is 26.4. The van der Waals surface area contributed by atoms with Crippen LogP contribution in [0.1, 0.15) is 38.5 Å². The van der Waals surface area contributed by atoms with Crippen molar-refractivity contribution in [2.45, 2.75) is 44.6 Å². The molecule has 0 aromatic heterocycles. The molecule has 0 aliphatic heterocycles. The van der Waals surface area contributed by atoms with Crippen molar-refractivity contribution >= 4 is 12.2 Å². The van der Waals surface area contributed by atoms with Gasteiger partial charge in [-0.25, -0.2) is 0 Å². The molecule has 0 rings (SSSR count). The molecule has 0 saturated carbocycles. The molecule has 110 valence electrons. The quantitative estimate of drug-likeness (QED) is 0.543. The fourth-order valence-corrected chi connectivity index (χ4v) is 0.796. The number of amides is 1. The number of nitrogens with two attached hydrogens (primary N) is 1. The monoisotopic (exact) mass is 268 g/mol. The number of aldehydes is 1. The van der Waals surface area contributed by atoms with E-state index in [0.29, 0.717) is 19.3 Å². The number of primary amides is 1. The molecular weight excluding hydrogens is 240 g/mol. The Morgan fingerprint density at radius 2 is 1.79 bits per heavy atom. The van der Waals surface area contributed by atoms with Crippen LogP contribution in [-0.4, -0.2) is 24.8 Å². The molecule has 0 fully saturated rings. The van der Waals surface area contributed by atoms with E-state index in [-0.39, 0.29) is 6.42 Å². The summed E-state index contributed by atoms with van der Waals surface area (Å²) in [5.74, 6) is -0.505. The van der Waals surface area contributed by atoms with Gasteiger partial charge in [-0.15, -0.1) is 6.54 Å². The minimum atomic E-state index is -0.575. The summed E-state index contributed by atoms with van der Waals surface area (Å²) in [6, 6.07) is -0.575. The first-order chi connectivity index (χ1) is 9.03. The maximum Gasteiger partial charge on any atom is 0.216 e. The molecule has 0 heterocycles. The Bertz CT molecular complexity index is 183. The fourth-order valence-electron chi connectivity index (χ4n) is 0.796. The molecule has 1 atom stereocenters. The minimum Gasteiger partial charge on any atom is -0.650 e. The summed E-state index contributed by atoms with van der Waals surface area (Å²) in [6.45, 7) is 18.1. The first kappa shape index (κ1) is 22.9. The second kappa shape index (κ2) is 21.9. The molecule has 2 N–H and O–H groups in total. The van der Waals surface area contributed by atoms with E-state index < -0.39 is 11.9 Å². The zero-order valence-corrected chi connectivity index (χ0v) is 12.0. The highest BCUT2D eigenvalue weighted by Crippen LogP contribution is 2.02. The van der Waals surface area contributed by atoms with Crippen LogP contribution in [0.15, 0.2) is 0 Å². The standard InChI is InChI=1S/C7H12N2O2.C5H10.C3H6/c1-2-3-9-6(5-10)4-7(8)11;1-3-5-4-2;1-3-2/h5-6H,1-4H2,(H2,8,11);1-5H2;1-3H2/t6-;;/m1../s1. The molecule has 0 spiro atoms. The summed E-state index contributed by atoms with van der Waals surface area (Å²) in [5, 5.41) is 3.87. The van der Waals surface area contributed by atoms with Gasteiger partial charge in [0.1, 0.15) is 6.29 Å². The van der Waals surface area contributed by atoms with Gasteiger partial charge in [-0.1, -0.05) is 6.04 Å². The van der Waals surface area contributed by atoms with Crippen molar-refractivity contribution in [3.8, 4) is 0 Å². The van der Waals surface area contributed by atoms with Gasteiger partial charge in [-0.2, -0.15) is 6.42 Å². The number of hydrogen-bond acceptors (Lipinski definition) is 2. The zero-order valence-electron chi connectivity index (χ0n) is 12.0. The van der Waals surface area contributed by atoms with Crippen molar-refractivity contribution in [1.29, 1.82) is 0 Å². The molecule has 0 aliphatic carbocycles. The molecule has 0 aliphatic rings. The van der Waals surface area contributed by atoms with Crippen LogP contribution in [0.4, 0.5) is 0 Å². The topological polar surface area (TPSA) is 74.3 Å². The first-order valence-electron chi connectivity index (χ1n) is 6.40. The molecule has 0 radical (unpaired) electrons. The molecule has 0 aromatic carbocycles. The molecule has 0 aromatic rings. The van der Waals surface area contributed by atoms with Gasteiger partial charge in [0.25, 0.3) is 0 Å². The summed E-state index contributed by atoms with van der Waals surface area (Å²) in [4.78, 5) is 20.5. The van der Waals surface area contributed by atoms with Crippen LogP contribution < -0.4 is 5.73 Å². The molecule has 4 heteroatoms. The van der Waals surface area contributed by atoms with Gasteiger partial charge >= 0.3 is 0 Å². The molecule has 0 bridgehead atoms. The summed E-state index contributed by atoms with van der Waals surface area (Å²) in [7, 11) is 0. The van der Waals surface area contributed by atoms with E-state index >= 15 is 0 Å². The van der Waals surface area contributed by atoms with Gasteiger partial charge in [0.05, 0.1) is 26.7 Å². The van der Waals surface area contributed by atoms with Crippen LogP contribution >= 0.6 is 0 Å². The van der Waals surface area contributed by atoms with Crippen molar-refractivity contribution in [1.82, 2.24) is 0 Å². The third kappa shape index (κ3) is 31.5. The summed E-state index contributed by atoms with van der Waals surface area (Å²) in [6.07, 6.45) is 5.24. The smallest absolute Gasteiger partial charge is 0.216 e. The largest absolute Gasteiger partial charge is 0.650 e. The Morgan fingerprint density at radius 1 is 1.26 bits per heavy atom. The number of carbonyl (C=O) groups is 2. The predicted octanol–water partition coefficient (Wildman–Crippen LogP) is 2.90. The zero-order chi connectivity index (χ0) is 15.5. The molecular formula is C15H28N2O2. The number of unbranched alkanes of at least 4 members (excludes halogenated alkanes) is 2. The van der Waals surface area contributed by atoms with E-state index in [2.05, 4.69) is 39.9 Å². The van der Waals surface area contributed by atoms with Crippen LogP contribution in [0.3, 0.4) is 0 Å². The highest BCUT2D eigenvalue weighted by molar-refractivity contribution is 5.79. The van der Waals surface area contributed by atoms with E-state index in [4.69, 9.17) is 5.73 Å². The van der Waals surface area contributed by atoms with Crippen LogP contribution in [0.2, 0.25) is 0 Å². The number of hydrogen-bond donors (Lipinski definition) is 1. The minimum absolute atomic E-state index is 0.00347. The van der Waals surface area contributed by atoms with Gasteiger partial charge in [-0.3, -0.25) is 11.7 Å². The van der Waals surface area contributed by atoms with Crippen molar-refractivity contribution in [2.75, 3.05) is 6.54 Å². The van der Waals surface area contributed by atoms with Gasteiger partial charge in [-0.05, 0) is 12.8 Å². The van der Waals surface area contributed by atoms with Crippen molar-refractivity contribution in [3.63, 3.8) is 0 Å². The van der Waals surface area contributed by atoms with Crippen LogP contribution in [0, 0.1) is 34.6 Å². The normalized spacial score (nSPS) is 10.2. The summed E-state index contributed by atoms with van der Waals surface area (Å²) in [5.41, 5.74) is 4.87. The van der Waals surface area contributed by atoms with Crippen molar-refractivity contribution < 1.29 is 9.59 Å². The van der Waals surface area contributed by atoms with Gasteiger partial charge in [0.15, 0.2) is 0 Å². The predicted molar refractivity (Wildman–Crippen MR) is 81.8 cm³/mol.